The van der Waals surface area contributed by atoms with Crippen molar-refractivity contribution in [3.05, 3.63) is 52.1 Å². The number of methoxy groups -OCH3 is 3. The van der Waals surface area contributed by atoms with E-state index in [1.165, 1.54) is 26.4 Å². The zero-order chi connectivity index (χ0) is 18.4. The van der Waals surface area contributed by atoms with E-state index in [2.05, 4.69) is 5.32 Å². The smallest absolute Gasteiger partial charge is 0.296 e. The van der Waals surface area contributed by atoms with Gasteiger partial charge in [-0.05, 0) is 17.7 Å². The van der Waals surface area contributed by atoms with Gasteiger partial charge in [0.1, 0.15) is 11.4 Å². The van der Waals surface area contributed by atoms with Crippen molar-refractivity contribution in [3.8, 4) is 17.2 Å². The Kier molecular flexibility index (Phi) is 5.78. The fraction of sp³-hybridized carbons (Fsp3) is 0.235. The average molecular weight is 346 g/mol. The summed E-state index contributed by atoms with van der Waals surface area (Å²) >= 11 is 0. The quantitative estimate of drug-likeness (QED) is 0.611. The van der Waals surface area contributed by atoms with Crippen molar-refractivity contribution in [2.75, 3.05) is 26.6 Å². The topological polar surface area (TPSA) is 99.9 Å². The third-order valence-corrected chi connectivity index (χ3v) is 3.50. The fourth-order valence-electron chi connectivity index (χ4n) is 2.24. The molecule has 2 rings (SSSR count). The number of amides is 1. The molecule has 0 atom stereocenters. The van der Waals surface area contributed by atoms with Crippen LogP contribution in [0, 0.1) is 10.1 Å². The van der Waals surface area contributed by atoms with Crippen molar-refractivity contribution < 1.29 is 23.9 Å². The largest absolute Gasteiger partial charge is 0.497 e. The van der Waals surface area contributed by atoms with E-state index in [0.29, 0.717) is 5.75 Å². The van der Waals surface area contributed by atoms with E-state index < -0.39 is 4.92 Å². The third-order valence-electron chi connectivity index (χ3n) is 3.50. The van der Waals surface area contributed by atoms with E-state index >= 15 is 0 Å². The first kappa shape index (κ1) is 18.1. The van der Waals surface area contributed by atoms with Gasteiger partial charge in [-0.2, -0.15) is 0 Å². The Bertz CT molecular complexity index is 773. The molecule has 0 radical (unpaired) electrons. The van der Waals surface area contributed by atoms with E-state index in [0.717, 1.165) is 5.56 Å². The van der Waals surface area contributed by atoms with Gasteiger partial charge >= 0.3 is 0 Å². The number of carbonyl (C=O) groups is 1. The molecule has 8 heteroatoms. The van der Waals surface area contributed by atoms with Crippen LogP contribution in [-0.4, -0.2) is 32.2 Å². The van der Waals surface area contributed by atoms with Crippen molar-refractivity contribution in [2.24, 2.45) is 0 Å². The second-order valence-corrected chi connectivity index (χ2v) is 5.05. The van der Waals surface area contributed by atoms with Gasteiger partial charge in [0.2, 0.25) is 5.91 Å². The van der Waals surface area contributed by atoms with Crippen molar-refractivity contribution in [3.63, 3.8) is 0 Å². The van der Waals surface area contributed by atoms with Gasteiger partial charge in [0.05, 0.1) is 38.7 Å². The average Bonchev–Trinajstić information content (AvgIpc) is 2.61. The summed E-state index contributed by atoms with van der Waals surface area (Å²) in [6.45, 7) is 0. The Hall–Kier alpha value is -3.29. The van der Waals surface area contributed by atoms with Gasteiger partial charge in [0.15, 0.2) is 11.5 Å². The van der Waals surface area contributed by atoms with Crippen LogP contribution < -0.4 is 19.5 Å². The lowest BCUT2D eigenvalue weighted by atomic mass is 10.1. The second-order valence-electron chi connectivity index (χ2n) is 5.05. The Morgan fingerprint density at radius 3 is 2.16 bits per heavy atom. The number of hydrogen-bond donors (Lipinski definition) is 1. The number of nitro groups is 1. The van der Waals surface area contributed by atoms with Crippen molar-refractivity contribution in [1.29, 1.82) is 0 Å². The highest BCUT2D eigenvalue weighted by Gasteiger charge is 2.21. The zero-order valence-electron chi connectivity index (χ0n) is 14.1. The maximum Gasteiger partial charge on any atom is 0.296 e. The molecule has 8 nitrogen and oxygen atoms in total. The van der Waals surface area contributed by atoms with E-state index in [1.54, 1.807) is 31.4 Å². The lowest BCUT2D eigenvalue weighted by molar-refractivity contribution is -0.384. The summed E-state index contributed by atoms with van der Waals surface area (Å²) in [5, 5.41) is 13.8. The van der Waals surface area contributed by atoms with Crippen LogP contribution in [0.4, 0.5) is 11.4 Å². The van der Waals surface area contributed by atoms with Crippen LogP contribution in [0.3, 0.4) is 0 Å². The molecular formula is C17H18N2O6. The Balaban J connectivity index is 2.22. The Labute approximate surface area is 144 Å². The zero-order valence-corrected chi connectivity index (χ0v) is 14.1. The minimum absolute atomic E-state index is 0.0427. The molecule has 1 N–H and O–H groups in total. The van der Waals surface area contributed by atoms with Gasteiger partial charge in [-0.15, -0.1) is 0 Å². The lowest BCUT2D eigenvalue weighted by Crippen LogP contribution is -2.15. The van der Waals surface area contributed by atoms with Crippen LogP contribution >= 0.6 is 0 Å². The first-order chi connectivity index (χ1) is 12.0. The third kappa shape index (κ3) is 4.37. The minimum atomic E-state index is -0.592. The molecule has 0 spiro atoms. The number of anilines is 1. The number of nitro benzene ring substituents is 1. The van der Waals surface area contributed by atoms with Crippen molar-refractivity contribution >= 4 is 17.3 Å². The number of benzene rings is 2. The lowest BCUT2D eigenvalue weighted by Gasteiger charge is -2.11. The van der Waals surface area contributed by atoms with Gasteiger partial charge in [-0.25, -0.2) is 0 Å². The molecule has 0 saturated carbocycles. The number of nitrogens with zero attached hydrogens (tertiary/aromatic N) is 1. The number of carbonyl (C=O) groups excluding carboxylic acids is 1. The van der Waals surface area contributed by atoms with Crippen LogP contribution in [0.2, 0.25) is 0 Å². The predicted molar refractivity (Wildman–Crippen MR) is 91.5 cm³/mol. The number of nitrogens with one attached hydrogen (secondary N) is 1. The van der Waals surface area contributed by atoms with Crippen LogP contribution in [-0.2, 0) is 11.2 Å². The first-order valence-electron chi connectivity index (χ1n) is 7.31. The molecule has 0 saturated heterocycles. The van der Waals surface area contributed by atoms with Gasteiger partial charge in [0.25, 0.3) is 5.69 Å². The molecule has 0 aromatic heterocycles. The van der Waals surface area contributed by atoms with Gasteiger partial charge in [-0.1, -0.05) is 12.1 Å². The van der Waals surface area contributed by atoms with Crippen LogP contribution in [0.1, 0.15) is 5.56 Å². The summed E-state index contributed by atoms with van der Waals surface area (Å²) in [5.41, 5.74) is 0.517. The molecule has 0 aliphatic carbocycles. The molecule has 2 aromatic carbocycles. The van der Waals surface area contributed by atoms with Crippen LogP contribution in [0.15, 0.2) is 36.4 Å². The summed E-state index contributed by atoms with van der Waals surface area (Å²) in [5.74, 6) is 0.787. The molecule has 25 heavy (non-hydrogen) atoms. The molecule has 1 amide bonds. The number of hydrogen-bond acceptors (Lipinski definition) is 6. The van der Waals surface area contributed by atoms with E-state index in [-0.39, 0.29) is 35.2 Å². The summed E-state index contributed by atoms with van der Waals surface area (Å²) in [7, 11) is 4.34. The van der Waals surface area contributed by atoms with Gasteiger partial charge in [0, 0.05) is 6.07 Å². The summed E-state index contributed by atoms with van der Waals surface area (Å²) in [6.07, 6.45) is 0.0650. The Morgan fingerprint density at radius 1 is 1.04 bits per heavy atom. The van der Waals surface area contributed by atoms with Crippen LogP contribution in [0.25, 0.3) is 0 Å². The summed E-state index contributed by atoms with van der Waals surface area (Å²) in [6, 6.07) is 9.55. The highest BCUT2D eigenvalue weighted by molar-refractivity contribution is 5.95. The SMILES string of the molecule is COc1ccc(CC(=O)Nc2cc(OC)c(OC)cc2[N+](=O)[O-])cc1. The van der Waals surface area contributed by atoms with E-state index in [9.17, 15) is 14.9 Å². The Morgan fingerprint density at radius 2 is 1.64 bits per heavy atom. The van der Waals surface area contributed by atoms with Gasteiger partial charge in [-0.3, -0.25) is 14.9 Å². The van der Waals surface area contributed by atoms with Gasteiger partial charge < -0.3 is 19.5 Å². The van der Waals surface area contributed by atoms with Crippen molar-refractivity contribution in [2.45, 2.75) is 6.42 Å². The molecule has 0 unspecified atom stereocenters. The highest BCUT2D eigenvalue weighted by atomic mass is 16.6. The minimum Gasteiger partial charge on any atom is -0.497 e. The maximum absolute atomic E-state index is 12.2. The molecule has 0 bridgehead atoms. The molecular weight excluding hydrogens is 328 g/mol. The second kappa shape index (κ2) is 8.00. The molecule has 132 valence electrons. The van der Waals surface area contributed by atoms with E-state index in [1.807, 2.05) is 0 Å². The molecule has 0 aliphatic heterocycles. The fourth-order valence-corrected chi connectivity index (χ4v) is 2.24. The number of rotatable bonds is 7. The molecule has 0 aliphatic rings. The first-order valence-corrected chi connectivity index (χ1v) is 7.31. The number of ether oxygens (including phenoxy) is 3. The highest BCUT2D eigenvalue weighted by Crippen LogP contribution is 2.37. The summed E-state index contributed by atoms with van der Waals surface area (Å²) < 4.78 is 15.2. The monoisotopic (exact) mass is 346 g/mol. The molecule has 2 aromatic rings. The standard InChI is InChI=1S/C17H18N2O6/c1-23-12-6-4-11(5-7-12)8-17(20)18-13-9-15(24-2)16(25-3)10-14(13)19(21)22/h4-7,9-10H,8H2,1-3H3,(H,18,20). The maximum atomic E-state index is 12.2. The molecule has 0 fully saturated rings. The van der Waals surface area contributed by atoms with E-state index in [4.69, 9.17) is 14.2 Å². The predicted octanol–water partition coefficient (Wildman–Crippen LogP) is 2.80. The molecule has 0 heterocycles. The summed E-state index contributed by atoms with van der Waals surface area (Å²) in [4.78, 5) is 22.9. The van der Waals surface area contributed by atoms with Crippen LogP contribution in [0.5, 0.6) is 17.2 Å². The van der Waals surface area contributed by atoms with Crippen molar-refractivity contribution in [1.82, 2.24) is 0 Å². The normalized spacial score (nSPS) is 10.0.